The molecule has 12 heteroatoms. The summed E-state index contributed by atoms with van der Waals surface area (Å²) in [6.45, 7) is 12.8. The molecule has 0 amide bonds. The van der Waals surface area contributed by atoms with Gasteiger partial charge in [-0.2, -0.15) is 26.3 Å². The van der Waals surface area contributed by atoms with Crippen LogP contribution in [-0.2, 0) is 12.4 Å². The molecule has 0 aliphatic heterocycles. The minimum absolute atomic E-state index is 0. The molecule has 0 aliphatic rings. The third-order valence-corrected chi connectivity index (χ3v) is 7.27. The third kappa shape index (κ3) is 12.0. The monoisotopic (exact) mass is 615 g/mol. The predicted molar refractivity (Wildman–Crippen MR) is 150 cm³/mol. The number of carbonyl (C=O) groups is 1. The first-order chi connectivity index (χ1) is 19.0. The molecule has 0 saturated carbocycles. The second kappa shape index (κ2) is 16.8. The topological polar surface area (TPSA) is 44.8 Å². The molecule has 0 N–H and O–H groups in total. The Bertz CT molecular complexity index is 1080. The van der Waals surface area contributed by atoms with Crippen LogP contribution in [0.2, 0.25) is 0 Å². The summed E-state index contributed by atoms with van der Waals surface area (Å²) < 4.78 is 101. The van der Waals surface area contributed by atoms with Gasteiger partial charge in [0.25, 0.3) is 0 Å². The Balaban J connectivity index is 0.00000882. The van der Waals surface area contributed by atoms with Gasteiger partial charge in [-0.25, -0.2) is 0 Å². The van der Waals surface area contributed by atoms with Crippen LogP contribution in [0.1, 0.15) is 82.3 Å². The number of hydrogen-bond acceptors (Lipinski definition) is 4. The molecule has 0 aliphatic carbocycles. The zero-order valence-corrected chi connectivity index (χ0v) is 26.3. The third-order valence-electron chi connectivity index (χ3n) is 6.05. The average Bonchev–Trinajstić information content (AvgIpc) is 2.83. The number of alkyl halides is 6. The van der Waals surface area contributed by atoms with Gasteiger partial charge in [0.1, 0.15) is 17.2 Å². The summed E-state index contributed by atoms with van der Waals surface area (Å²) in [6, 6.07) is 4.66. The zero-order valence-electron chi connectivity index (χ0n) is 25.3. The van der Waals surface area contributed by atoms with Gasteiger partial charge < -0.3 is 14.2 Å². The van der Waals surface area contributed by atoms with Crippen LogP contribution in [0.4, 0.5) is 26.3 Å². The van der Waals surface area contributed by atoms with Crippen molar-refractivity contribution in [3.63, 3.8) is 0 Å². The van der Waals surface area contributed by atoms with Crippen LogP contribution < -0.4 is 38.4 Å². The predicted octanol–water partition coefficient (Wildman–Crippen LogP) is 6.15. The van der Waals surface area contributed by atoms with E-state index < -0.39 is 43.1 Å². The largest absolute Gasteiger partial charge is 1.00 e. The molecule has 1 unspecified atom stereocenters. The second-order valence-corrected chi connectivity index (χ2v) is 12.3. The fourth-order valence-electron chi connectivity index (χ4n) is 3.67. The van der Waals surface area contributed by atoms with Crippen LogP contribution in [0.25, 0.3) is 0 Å². The minimum atomic E-state index is -5.17. The van der Waals surface area contributed by atoms with Gasteiger partial charge in [-0.1, -0.05) is 47.6 Å². The molecule has 0 bridgehead atoms. The fraction of sp³-hybridized carbons (Fsp3) is 0.567. The van der Waals surface area contributed by atoms with Gasteiger partial charge in [0.15, 0.2) is 5.52 Å². The number of benzene rings is 2. The van der Waals surface area contributed by atoms with E-state index in [0.29, 0.717) is 49.3 Å². The van der Waals surface area contributed by atoms with E-state index in [1.165, 1.54) is 12.1 Å². The van der Waals surface area contributed by atoms with E-state index in [9.17, 15) is 31.1 Å². The van der Waals surface area contributed by atoms with E-state index in [4.69, 9.17) is 14.2 Å². The Morgan fingerprint density at radius 3 is 1.45 bits per heavy atom. The van der Waals surface area contributed by atoms with Crippen molar-refractivity contribution in [1.29, 1.82) is 0 Å². The van der Waals surface area contributed by atoms with Crippen molar-refractivity contribution in [2.24, 2.45) is 17.8 Å². The van der Waals surface area contributed by atoms with Gasteiger partial charge in [0.05, 0.1) is 36.3 Å². The molecule has 0 aromatic heterocycles. The van der Waals surface area contributed by atoms with E-state index in [1.807, 2.05) is 41.5 Å². The van der Waals surface area contributed by atoms with E-state index in [1.54, 1.807) is 0 Å². The average molecular weight is 616 g/mol. The number of carbonyl (C=O) groups excluding carboxylic acids is 1. The summed E-state index contributed by atoms with van der Waals surface area (Å²) in [5.74, 6) is 1.55. The SMILES string of the molecule is CC(C)CCOc1cc(OCCC(C)C)c(PC(=O)c2c(C(F)(F)F)cccc2C(F)(F)F)c(OCCC(C)C)c1.[Li+]. The molecule has 0 radical (unpaired) electrons. The van der Waals surface area contributed by atoms with Gasteiger partial charge in [-0.15, -0.1) is 0 Å². The minimum Gasteiger partial charge on any atom is -0.493 e. The van der Waals surface area contributed by atoms with Crippen LogP contribution in [0.15, 0.2) is 30.3 Å². The number of halogens is 6. The standard InChI is InChI=1S/C30H39F6O4P.Li/c1-18(2)10-13-38-21-16-24(39-14-11-19(3)4)27(25(17-21)40-15-12-20(5)6)41-28(37)26-22(29(31,32)33)8-7-9-23(26)30(34,35)36;/h7-9,16-20,41H,10-15H2,1-6H3;/q;+1. The van der Waals surface area contributed by atoms with Crippen molar-refractivity contribution < 1.29 is 64.2 Å². The Kier molecular flexibility index (Phi) is 15.3. The molecular weight excluding hydrogens is 576 g/mol. The first kappa shape index (κ1) is 38.1. The Morgan fingerprint density at radius 1 is 0.714 bits per heavy atom. The van der Waals surface area contributed by atoms with Crippen LogP contribution in [0, 0.1) is 17.8 Å². The summed E-state index contributed by atoms with van der Waals surface area (Å²) >= 11 is 0. The molecule has 2 aromatic carbocycles. The van der Waals surface area contributed by atoms with Crippen molar-refractivity contribution in [1.82, 2.24) is 0 Å². The van der Waals surface area contributed by atoms with E-state index >= 15 is 0 Å². The number of rotatable bonds is 15. The molecule has 2 rings (SSSR count). The maximum absolute atomic E-state index is 13.8. The molecular formula is C30H39F6LiO4P+. The van der Waals surface area contributed by atoms with Crippen molar-refractivity contribution in [2.75, 3.05) is 19.8 Å². The molecule has 0 heterocycles. The molecule has 42 heavy (non-hydrogen) atoms. The van der Waals surface area contributed by atoms with Crippen molar-refractivity contribution in [3.05, 3.63) is 47.0 Å². The van der Waals surface area contributed by atoms with Crippen LogP contribution in [-0.4, -0.2) is 25.3 Å². The van der Waals surface area contributed by atoms with Crippen molar-refractivity contribution >= 4 is 19.4 Å². The normalized spacial score (nSPS) is 12.4. The van der Waals surface area contributed by atoms with Gasteiger partial charge in [-0.05, 0) is 57.7 Å². The molecule has 1 atom stereocenters. The number of hydrogen-bond donors (Lipinski definition) is 0. The smallest absolute Gasteiger partial charge is 0.493 e. The molecule has 0 fully saturated rings. The molecule has 2 aromatic rings. The van der Waals surface area contributed by atoms with Gasteiger partial charge in [0, 0.05) is 17.7 Å². The Morgan fingerprint density at radius 2 is 1.10 bits per heavy atom. The number of ether oxygens (including phenoxy) is 3. The van der Waals surface area contributed by atoms with E-state index in [0.717, 1.165) is 6.42 Å². The molecule has 0 spiro atoms. The van der Waals surface area contributed by atoms with Crippen molar-refractivity contribution in [2.45, 2.75) is 73.2 Å². The molecule has 4 nitrogen and oxygen atoms in total. The molecule has 230 valence electrons. The molecule has 0 saturated heterocycles. The van der Waals surface area contributed by atoms with E-state index in [-0.39, 0.29) is 60.7 Å². The Labute approximate surface area is 258 Å². The Hall–Kier alpha value is -1.88. The summed E-state index contributed by atoms with van der Waals surface area (Å²) in [4.78, 5) is 13.4. The van der Waals surface area contributed by atoms with Crippen LogP contribution in [0.3, 0.4) is 0 Å². The summed E-state index contributed by atoms with van der Waals surface area (Å²) in [5, 5.41) is 0.101. The van der Waals surface area contributed by atoms with Crippen molar-refractivity contribution in [3.8, 4) is 17.2 Å². The quantitative estimate of drug-likeness (QED) is 0.137. The fourth-order valence-corrected chi connectivity index (χ4v) is 4.82. The van der Waals surface area contributed by atoms with Gasteiger partial charge >= 0.3 is 31.2 Å². The first-order valence-corrected chi connectivity index (χ1v) is 14.7. The summed E-state index contributed by atoms with van der Waals surface area (Å²) in [5.41, 5.74) is -6.00. The maximum Gasteiger partial charge on any atom is 1.00 e. The van der Waals surface area contributed by atoms with E-state index in [2.05, 4.69) is 0 Å². The summed E-state index contributed by atoms with van der Waals surface area (Å²) in [7, 11) is -1.13. The first-order valence-electron chi connectivity index (χ1n) is 13.7. The van der Waals surface area contributed by atoms with Crippen LogP contribution >= 0.6 is 8.58 Å². The second-order valence-electron chi connectivity index (χ2n) is 11.1. The maximum atomic E-state index is 13.8. The summed E-state index contributed by atoms with van der Waals surface area (Å²) in [6.07, 6.45) is -8.32. The van der Waals surface area contributed by atoms with Gasteiger partial charge in [-0.3, -0.25) is 4.79 Å². The zero-order chi connectivity index (χ0) is 31.0. The van der Waals surface area contributed by atoms with Gasteiger partial charge in [0.2, 0.25) is 0 Å². The van der Waals surface area contributed by atoms with Crippen LogP contribution in [0.5, 0.6) is 17.2 Å².